The third-order valence-corrected chi connectivity index (χ3v) is 7.22. The van der Waals surface area contributed by atoms with E-state index in [0.717, 1.165) is 54.3 Å². The van der Waals surface area contributed by atoms with Crippen LogP contribution in [0.3, 0.4) is 0 Å². The molecule has 3 aromatic carbocycles. The van der Waals surface area contributed by atoms with Gasteiger partial charge in [-0.15, -0.1) is 0 Å². The van der Waals surface area contributed by atoms with Crippen molar-refractivity contribution in [2.45, 2.75) is 6.17 Å². The zero-order valence-electron chi connectivity index (χ0n) is 20.5. The molecule has 2 aliphatic rings. The number of carbonyl (C=O) groups is 1. The van der Waals surface area contributed by atoms with Gasteiger partial charge in [-0.05, 0) is 48.5 Å². The highest BCUT2D eigenvalue weighted by atomic mass is 16.2. The lowest BCUT2D eigenvalue weighted by Gasteiger charge is -2.35. The number of hydrogen-bond acceptors (Lipinski definition) is 6. The van der Waals surface area contributed by atoms with Gasteiger partial charge in [-0.25, -0.2) is 0 Å². The minimum Gasteiger partial charge on any atom is -0.369 e. The zero-order valence-corrected chi connectivity index (χ0v) is 20.5. The molecule has 1 saturated heterocycles. The van der Waals surface area contributed by atoms with Gasteiger partial charge < -0.3 is 20.0 Å². The number of piperazine rings is 1. The molecule has 2 N–H and O–H groups in total. The number of H-pyrrole nitrogens is 1. The molecule has 0 spiro atoms. The van der Waals surface area contributed by atoms with Gasteiger partial charge in [0.2, 0.25) is 0 Å². The van der Waals surface area contributed by atoms with Crippen molar-refractivity contribution in [1.29, 1.82) is 0 Å². The largest absolute Gasteiger partial charge is 0.369 e. The highest BCUT2D eigenvalue weighted by Gasteiger charge is 2.33. The normalized spacial score (nSPS) is 18.2. The maximum Gasteiger partial charge on any atom is 0.255 e. The van der Waals surface area contributed by atoms with Gasteiger partial charge in [0.15, 0.2) is 0 Å². The molecule has 0 saturated carbocycles. The summed E-state index contributed by atoms with van der Waals surface area (Å²) in [6, 6.07) is 24.7. The molecule has 0 aliphatic carbocycles. The smallest absolute Gasteiger partial charge is 0.255 e. The third kappa shape index (κ3) is 3.99. The first-order valence-corrected chi connectivity index (χ1v) is 12.3. The standard InChI is InChI=1S/C28H29N7O/c1-33-14-16-35(17-15-33)22-12-10-19(11-13-22)20-6-5-7-21(18-20)25-26(31-32-30-25)27-29-28(36)23-8-3-4-9-24(23)34(27)2/h3-13,18,27H,14-17H2,1-2H3,(H,29,36)(H,30,31,32). The van der Waals surface area contributed by atoms with Gasteiger partial charge in [-0.1, -0.05) is 42.5 Å². The van der Waals surface area contributed by atoms with Crippen molar-refractivity contribution in [3.8, 4) is 22.4 Å². The summed E-state index contributed by atoms with van der Waals surface area (Å²) in [6.45, 7) is 4.28. The van der Waals surface area contributed by atoms with Gasteiger partial charge in [-0.3, -0.25) is 4.79 Å². The van der Waals surface area contributed by atoms with Crippen molar-refractivity contribution in [3.63, 3.8) is 0 Å². The highest BCUT2D eigenvalue weighted by Crippen LogP contribution is 2.35. The molecule has 4 aromatic rings. The minimum atomic E-state index is -0.423. The fourth-order valence-corrected chi connectivity index (χ4v) is 5.08. The van der Waals surface area contributed by atoms with Crippen molar-refractivity contribution >= 4 is 17.3 Å². The number of para-hydroxylation sites is 1. The summed E-state index contributed by atoms with van der Waals surface area (Å²) in [6.07, 6.45) is -0.423. The van der Waals surface area contributed by atoms with Gasteiger partial charge in [0.05, 0.1) is 11.3 Å². The van der Waals surface area contributed by atoms with E-state index in [1.54, 1.807) is 0 Å². The van der Waals surface area contributed by atoms with Crippen LogP contribution in [0.2, 0.25) is 0 Å². The molecule has 0 radical (unpaired) electrons. The van der Waals surface area contributed by atoms with Crippen molar-refractivity contribution in [2.75, 3.05) is 50.1 Å². The Morgan fingerprint density at radius 3 is 2.36 bits per heavy atom. The van der Waals surface area contributed by atoms with E-state index in [2.05, 4.69) is 74.0 Å². The predicted octanol–water partition coefficient (Wildman–Crippen LogP) is 3.77. The van der Waals surface area contributed by atoms with Crippen LogP contribution in [0, 0.1) is 0 Å². The number of benzene rings is 3. The van der Waals surface area contributed by atoms with E-state index in [-0.39, 0.29) is 5.91 Å². The Kier molecular flexibility index (Phi) is 5.65. The quantitative estimate of drug-likeness (QED) is 0.464. The Morgan fingerprint density at radius 2 is 1.56 bits per heavy atom. The second-order valence-corrected chi connectivity index (χ2v) is 9.48. The number of amides is 1. The van der Waals surface area contributed by atoms with E-state index in [0.29, 0.717) is 11.3 Å². The molecule has 1 atom stereocenters. The molecule has 0 bridgehead atoms. The maximum atomic E-state index is 12.8. The molecule has 8 nitrogen and oxygen atoms in total. The summed E-state index contributed by atoms with van der Waals surface area (Å²) in [5, 5.41) is 14.8. The van der Waals surface area contributed by atoms with E-state index >= 15 is 0 Å². The number of likely N-dealkylation sites (N-methyl/N-ethyl adjacent to an activating group) is 1. The monoisotopic (exact) mass is 479 g/mol. The molecule has 182 valence electrons. The SMILES string of the molecule is CN1CCN(c2ccc(-c3cccc(-c4n[nH]nc4C4NC(=O)c5ccccc5N4C)c3)cc2)CC1. The van der Waals surface area contributed by atoms with Gasteiger partial charge in [0.1, 0.15) is 17.6 Å². The Hall–Kier alpha value is -4.17. The molecule has 3 heterocycles. The second kappa shape index (κ2) is 9.13. The van der Waals surface area contributed by atoms with E-state index < -0.39 is 6.17 Å². The van der Waals surface area contributed by atoms with E-state index in [1.165, 1.54) is 5.69 Å². The molecule has 8 heteroatoms. The van der Waals surface area contributed by atoms with Crippen LogP contribution in [0.1, 0.15) is 22.2 Å². The summed E-state index contributed by atoms with van der Waals surface area (Å²) in [4.78, 5) is 19.6. The first kappa shape index (κ1) is 22.3. The lowest BCUT2D eigenvalue weighted by molar-refractivity contribution is 0.0927. The number of fused-ring (bicyclic) bond motifs is 1. The maximum absolute atomic E-state index is 12.8. The van der Waals surface area contributed by atoms with Crippen molar-refractivity contribution in [2.24, 2.45) is 0 Å². The molecule has 36 heavy (non-hydrogen) atoms. The third-order valence-electron chi connectivity index (χ3n) is 7.22. The summed E-state index contributed by atoms with van der Waals surface area (Å²) in [5.41, 5.74) is 7.40. The van der Waals surface area contributed by atoms with Gasteiger partial charge in [0.25, 0.3) is 5.91 Å². The Morgan fingerprint density at radius 1 is 0.806 bits per heavy atom. The number of anilines is 2. The summed E-state index contributed by atoms with van der Waals surface area (Å²) in [5.74, 6) is -0.114. The highest BCUT2D eigenvalue weighted by molar-refractivity contribution is 6.02. The van der Waals surface area contributed by atoms with Gasteiger partial charge in [-0.2, -0.15) is 15.4 Å². The van der Waals surface area contributed by atoms with Crippen LogP contribution < -0.4 is 15.1 Å². The average molecular weight is 480 g/mol. The second-order valence-electron chi connectivity index (χ2n) is 9.48. The van der Waals surface area contributed by atoms with Crippen LogP contribution in [-0.2, 0) is 0 Å². The number of carbonyl (C=O) groups excluding carboxylic acids is 1. The molecule has 1 unspecified atom stereocenters. The van der Waals surface area contributed by atoms with Crippen LogP contribution in [0.5, 0.6) is 0 Å². The average Bonchev–Trinajstić information content (AvgIpc) is 3.41. The summed E-state index contributed by atoms with van der Waals surface area (Å²) >= 11 is 0. The molecule has 1 aromatic heterocycles. The van der Waals surface area contributed by atoms with E-state index in [4.69, 9.17) is 0 Å². The molecule has 2 aliphatic heterocycles. The first-order chi connectivity index (χ1) is 17.6. The first-order valence-electron chi connectivity index (χ1n) is 12.3. The fourth-order valence-electron chi connectivity index (χ4n) is 5.08. The molecule has 1 fully saturated rings. The number of nitrogens with zero attached hydrogens (tertiary/aromatic N) is 5. The molecular weight excluding hydrogens is 450 g/mol. The number of rotatable bonds is 4. The summed E-state index contributed by atoms with van der Waals surface area (Å²) < 4.78 is 0. The predicted molar refractivity (Wildman–Crippen MR) is 142 cm³/mol. The van der Waals surface area contributed by atoms with Crippen LogP contribution in [0.4, 0.5) is 11.4 Å². The van der Waals surface area contributed by atoms with Crippen LogP contribution in [0.15, 0.2) is 72.8 Å². The molecular formula is C28H29N7O. The lowest BCUT2D eigenvalue weighted by atomic mass is 9.99. The Labute approximate surface area is 210 Å². The Balaban J connectivity index is 1.28. The van der Waals surface area contributed by atoms with Crippen LogP contribution in [0.25, 0.3) is 22.4 Å². The number of aromatic nitrogens is 3. The van der Waals surface area contributed by atoms with E-state index in [1.807, 2.05) is 48.3 Å². The Bertz CT molecular complexity index is 1390. The molecule has 1 amide bonds. The fraction of sp³-hybridized carbons (Fsp3) is 0.250. The van der Waals surface area contributed by atoms with Crippen LogP contribution >= 0.6 is 0 Å². The number of nitrogens with one attached hydrogen (secondary N) is 2. The van der Waals surface area contributed by atoms with E-state index in [9.17, 15) is 4.79 Å². The van der Waals surface area contributed by atoms with Crippen molar-refractivity contribution < 1.29 is 4.79 Å². The van der Waals surface area contributed by atoms with Crippen LogP contribution in [-0.4, -0.2) is 66.5 Å². The topological polar surface area (TPSA) is 80.4 Å². The van der Waals surface area contributed by atoms with Crippen molar-refractivity contribution in [1.82, 2.24) is 25.6 Å². The summed E-state index contributed by atoms with van der Waals surface area (Å²) in [7, 11) is 4.13. The number of hydrogen-bond donors (Lipinski definition) is 2. The van der Waals surface area contributed by atoms with Crippen molar-refractivity contribution in [3.05, 3.63) is 84.1 Å². The van der Waals surface area contributed by atoms with Gasteiger partial charge >= 0.3 is 0 Å². The minimum absolute atomic E-state index is 0.114. The lowest BCUT2D eigenvalue weighted by Crippen LogP contribution is -2.45. The van der Waals surface area contributed by atoms with Gasteiger partial charge in [0, 0.05) is 44.5 Å². The molecule has 6 rings (SSSR count). The zero-order chi connectivity index (χ0) is 24.6. The number of aromatic amines is 1.